The number of anilines is 1. The first-order chi connectivity index (χ1) is 8.04. The molecule has 0 heterocycles. The van der Waals surface area contributed by atoms with Crippen LogP contribution in [-0.4, -0.2) is 19.2 Å². The number of esters is 1. The van der Waals surface area contributed by atoms with E-state index in [1.807, 2.05) is 0 Å². The summed E-state index contributed by atoms with van der Waals surface area (Å²) in [7, 11) is 0. The van der Waals surface area contributed by atoms with Crippen LogP contribution in [0.25, 0.3) is 0 Å². The third-order valence-corrected chi connectivity index (χ3v) is 2.10. The van der Waals surface area contributed by atoms with Crippen LogP contribution in [0.15, 0.2) is 18.2 Å². The highest BCUT2D eigenvalue weighted by atomic mass is 16.5. The summed E-state index contributed by atoms with van der Waals surface area (Å²) in [6.07, 6.45) is 0. The van der Waals surface area contributed by atoms with Gasteiger partial charge in [-0.05, 0) is 31.0 Å². The minimum atomic E-state index is -0.417. The van der Waals surface area contributed by atoms with Gasteiger partial charge in [0.2, 0.25) is 0 Å². The monoisotopic (exact) mass is 237 g/mol. The molecule has 0 saturated carbocycles. The van der Waals surface area contributed by atoms with Gasteiger partial charge in [0.05, 0.1) is 18.8 Å². The lowest BCUT2D eigenvalue weighted by molar-refractivity contribution is 0.0527. The molecule has 0 saturated heterocycles. The van der Waals surface area contributed by atoms with Crippen molar-refractivity contribution in [2.75, 3.05) is 18.9 Å². The molecule has 0 spiro atoms. The predicted octanol–water partition coefficient (Wildman–Crippen LogP) is 2.48. The highest BCUT2D eigenvalue weighted by molar-refractivity contribution is 5.95. The number of carbonyl (C=O) groups excluding carboxylic acids is 1. The van der Waals surface area contributed by atoms with E-state index >= 15 is 0 Å². The van der Waals surface area contributed by atoms with Crippen LogP contribution in [0.2, 0.25) is 0 Å². The number of ether oxygens (including phenoxy) is 2. The summed E-state index contributed by atoms with van der Waals surface area (Å²) < 4.78 is 10.4. The van der Waals surface area contributed by atoms with Crippen LogP contribution in [0.1, 0.15) is 31.1 Å². The fourth-order valence-corrected chi connectivity index (χ4v) is 1.27. The van der Waals surface area contributed by atoms with E-state index in [1.54, 1.807) is 25.1 Å². The Balaban J connectivity index is 2.82. The smallest absolute Gasteiger partial charge is 0.340 e. The molecule has 0 aliphatic rings. The van der Waals surface area contributed by atoms with Crippen molar-refractivity contribution in [3.05, 3.63) is 23.8 Å². The van der Waals surface area contributed by atoms with E-state index in [0.717, 1.165) is 0 Å². The molecule has 2 N–H and O–H groups in total. The number of rotatable bonds is 5. The van der Waals surface area contributed by atoms with E-state index in [4.69, 9.17) is 15.2 Å². The minimum absolute atomic E-state index is 0.329. The van der Waals surface area contributed by atoms with Gasteiger partial charge < -0.3 is 15.2 Å². The molecule has 17 heavy (non-hydrogen) atoms. The van der Waals surface area contributed by atoms with Crippen LogP contribution in [0.4, 0.5) is 5.69 Å². The second-order valence-corrected chi connectivity index (χ2v) is 4.17. The Labute approximate surface area is 102 Å². The summed E-state index contributed by atoms with van der Waals surface area (Å²) in [6.45, 7) is 6.81. The first kappa shape index (κ1) is 13.4. The molecule has 0 aliphatic heterocycles. The van der Waals surface area contributed by atoms with Gasteiger partial charge in [-0.3, -0.25) is 0 Å². The number of carbonyl (C=O) groups is 1. The summed E-state index contributed by atoms with van der Waals surface area (Å²) in [5.74, 6) is 0.648. The molecular formula is C13H19NO3. The zero-order valence-corrected chi connectivity index (χ0v) is 10.5. The first-order valence-electron chi connectivity index (χ1n) is 5.74. The lowest BCUT2D eigenvalue weighted by Gasteiger charge is -2.11. The highest BCUT2D eigenvalue weighted by Gasteiger charge is 2.12. The maximum absolute atomic E-state index is 11.6. The molecule has 0 fully saturated rings. The Bertz CT molecular complexity index is 388. The fourth-order valence-electron chi connectivity index (χ4n) is 1.27. The third-order valence-electron chi connectivity index (χ3n) is 2.10. The quantitative estimate of drug-likeness (QED) is 0.631. The molecule has 1 aromatic carbocycles. The third kappa shape index (κ3) is 3.98. The average Bonchev–Trinajstić information content (AvgIpc) is 2.28. The van der Waals surface area contributed by atoms with Crippen molar-refractivity contribution in [3.63, 3.8) is 0 Å². The van der Waals surface area contributed by atoms with Gasteiger partial charge in [-0.15, -0.1) is 0 Å². The topological polar surface area (TPSA) is 61.5 Å². The Morgan fingerprint density at radius 3 is 2.71 bits per heavy atom. The van der Waals surface area contributed by atoms with Crippen molar-refractivity contribution in [2.24, 2.45) is 5.92 Å². The van der Waals surface area contributed by atoms with E-state index in [0.29, 0.717) is 36.1 Å². The van der Waals surface area contributed by atoms with Gasteiger partial charge in [-0.2, -0.15) is 0 Å². The van der Waals surface area contributed by atoms with Crippen LogP contribution in [0.3, 0.4) is 0 Å². The summed E-state index contributed by atoms with van der Waals surface area (Å²) >= 11 is 0. The van der Waals surface area contributed by atoms with Gasteiger partial charge in [-0.1, -0.05) is 13.8 Å². The molecule has 0 atom stereocenters. The first-order valence-corrected chi connectivity index (χ1v) is 5.74. The Kier molecular flexibility index (Phi) is 4.82. The molecule has 0 unspecified atom stereocenters. The van der Waals surface area contributed by atoms with Gasteiger partial charge in [0.25, 0.3) is 0 Å². The zero-order valence-electron chi connectivity index (χ0n) is 10.5. The molecular weight excluding hydrogens is 218 g/mol. The molecule has 0 amide bonds. The summed E-state index contributed by atoms with van der Waals surface area (Å²) in [5.41, 5.74) is 6.48. The van der Waals surface area contributed by atoms with Crippen LogP contribution >= 0.6 is 0 Å². The van der Waals surface area contributed by atoms with Crippen molar-refractivity contribution in [1.82, 2.24) is 0 Å². The molecule has 0 aromatic heterocycles. The maximum atomic E-state index is 11.6. The van der Waals surface area contributed by atoms with E-state index in [2.05, 4.69) is 13.8 Å². The predicted molar refractivity (Wildman–Crippen MR) is 67.1 cm³/mol. The second kappa shape index (κ2) is 6.13. The van der Waals surface area contributed by atoms with Crippen molar-refractivity contribution < 1.29 is 14.3 Å². The standard InChI is InChI=1S/C13H19NO3/c1-4-16-13(15)11-7-10(5-6-12(11)14)17-8-9(2)3/h5-7,9H,4,8,14H2,1-3H3. The number of nitrogen functional groups attached to an aromatic ring is 1. The van der Waals surface area contributed by atoms with Gasteiger partial charge in [0.1, 0.15) is 5.75 Å². The Morgan fingerprint density at radius 1 is 1.41 bits per heavy atom. The Morgan fingerprint density at radius 2 is 2.12 bits per heavy atom. The van der Waals surface area contributed by atoms with Crippen LogP contribution < -0.4 is 10.5 Å². The van der Waals surface area contributed by atoms with Gasteiger partial charge >= 0.3 is 5.97 Å². The summed E-state index contributed by atoms with van der Waals surface area (Å²) in [4.78, 5) is 11.6. The maximum Gasteiger partial charge on any atom is 0.340 e. The lowest BCUT2D eigenvalue weighted by Crippen LogP contribution is -2.09. The summed E-state index contributed by atoms with van der Waals surface area (Å²) in [6, 6.07) is 5.03. The molecule has 1 aromatic rings. The van der Waals surface area contributed by atoms with E-state index in [1.165, 1.54) is 0 Å². The Hall–Kier alpha value is -1.71. The largest absolute Gasteiger partial charge is 0.493 e. The molecule has 1 rings (SSSR count). The molecule has 0 aliphatic carbocycles. The van der Waals surface area contributed by atoms with Crippen molar-refractivity contribution in [1.29, 1.82) is 0 Å². The van der Waals surface area contributed by atoms with Gasteiger partial charge in [0.15, 0.2) is 0 Å². The molecule has 4 nitrogen and oxygen atoms in total. The van der Waals surface area contributed by atoms with Crippen molar-refractivity contribution >= 4 is 11.7 Å². The normalized spacial score (nSPS) is 10.4. The molecule has 94 valence electrons. The SMILES string of the molecule is CCOC(=O)c1cc(OCC(C)C)ccc1N. The number of hydrogen-bond donors (Lipinski definition) is 1. The van der Waals surface area contributed by atoms with Crippen LogP contribution in [-0.2, 0) is 4.74 Å². The second-order valence-electron chi connectivity index (χ2n) is 4.17. The van der Waals surface area contributed by atoms with E-state index < -0.39 is 5.97 Å². The van der Waals surface area contributed by atoms with E-state index in [9.17, 15) is 4.79 Å². The number of hydrogen-bond acceptors (Lipinski definition) is 4. The molecule has 0 radical (unpaired) electrons. The zero-order chi connectivity index (χ0) is 12.8. The molecule has 4 heteroatoms. The van der Waals surface area contributed by atoms with Crippen molar-refractivity contribution in [3.8, 4) is 5.75 Å². The fraction of sp³-hybridized carbons (Fsp3) is 0.462. The number of nitrogens with two attached hydrogens (primary N) is 1. The highest BCUT2D eigenvalue weighted by Crippen LogP contribution is 2.21. The summed E-state index contributed by atoms with van der Waals surface area (Å²) in [5, 5.41) is 0. The van der Waals surface area contributed by atoms with Gasteiger partial charge in [-0.25, -0.2) is 4.79 Å². The van der Waals surface area contributed by atoms with E-state index in [-0.39, 0.29) is 0 Å². The minimum Gasteiger partial charge on any atom is -0.493 e. The van der Waals surface area contributed by atoms with Crippen LogP contribution in [0.5, 0.6) is 5.75 Å². The molecule has 0 bridgehead atoms. The van der Waals surface area contributed by atoms with Crippen molar-refractivity contribution in [2.45, 2.75) is 20.8 Å². The lowest BCUT2D eigenvalue weighted by atomic mass is 10.1. The van der Waals surface area contributed by atoms with Gasteiger partial charge in [0, 0.05) is 5.69 Å². The average molecular weight is 237 g/mol. The van der Waals surface area contributed by atoms with Crippen LogP contribution in [0, 0.1) is 5.92 Å². The number of benzene rings is 1.